The van der Waals surface area contributed by atoms with E-state index in [4.69, 9.17) is 13.9 Å². The normalized spacial score (nSPS) is 10.5. The van der Waals surface area contributed by atoms with Gasteiger partial charge in [0.1, 0.15) is 0 Å². The first-order valence-corrected chi connectivity index (χ1v) is 10.2. The smallest absolute Gasteiger partial charge is 0.343 e. The van der Waals surface area contributed by atoms with Gasteiger partial charge in [0.15, 0.2) is 17.3 Å². The molecule has 0 fully saturated rings. The molecule has 2 amide bonds. The van der Waals surface area contributed by atoms with Gasteiger partial charge in [-0.2, -0.15) is 5.10 Å². The maximum absolute atomic E-state index is 12.4. The fraction of sp³-hybridized carbons (Fsp3) is 0.130. The van der Waals surface area contributed by atoms with Crippen molar-refractivity contribution < 1.29 is 33.2 Å². The standard InChI is InChI=1S/C23H20N4O8/c1-2-33-20-12-15(13-25-26-21(28)14-24-22(29)19-4-3-11-34-19)5-10-18(20)35-23(30)16-6-8-17(9-7-16)27(31)32/h3-13H,2,14H2,1H3,(H,24,29)(H,26,28). The van der Waals surface area contributed by atoms with E-state index in [1.54, 1.807) is 25.1 Å². The number of hydrogen-bond donors (Lipinski definition) is 2. The van der Waals surface area contributed by atoms with Crippen molar-refractivity contribution in [2.24, 2.45) is 5.10 Å². The average Bonchev–Trinajstić information content (AvgIpc) is 3.39. The zero-order valence-electron chi connectivity index (χ0n) is 18.4. The predicted octanol–water partition coefficient (Wildman–Crippen LogP) is 2.69. The van der Waals surface area contributed by atoms with Gasteiger partial charge in [-0.25, -0.2) is 10.2 Å². The van der Waals surface area contributed by atoms with E-state index in [1.165, 1.54) is 48.9 Å². The van der Waals surface area contributed by atoms with Crippen LogP contribution in [0.25, 0.3) is 0 Å². The SMILES string of the molecule is CCOc1cc(C=NNC(=O)CNC(=O)c2ccco2)ccc1OC(=O)c1ccc([N+](=O)[O-])cc1. The van der Waals surface area contributed by atoms with Crippen molar-refractivity contribution in [2.45, 2.75) is 6.92 Å². The zero-order valence-corrected chi connectivity index (χ0v) is 18.4. The molecule has 0 saturated heterocycles. The molecule has 3 aromatic rings. The van der Waals surface area contributed by atoms with Crippen LogP contribution in [0.4, 0.5) is 5.69 Å². The second-order valence-electron chi connectivity index (χ2n) is 6.79. The van der Waals surface area contributed by atoms with Crippen molar-refractivity contribution in [3.8, 4) is 11.5 Å². The lowest BCUT2D eigenvalue weighted by atomic mass is 10.2. The van der Waals surface area contributed by atoms with E-state index in [-0.39, 0.29) is 41.7 Å². The molecule has 0 spiro atoms. The summed E-state index contributed by atoms with van der Waals surface area (Å²) >= 11 is 0. The average molecular weight is 480 g/mol. The molecule has 2 aromatic carbocycles. The van der Waals surface area contributed by atoms with Crippen LogP contribution in [0.2, 0.25) is 0 Å². The van der Waals surface area contributed by atoms with Gasteiger partial charge < -0.3 is 19.2 Å². The van der Waals surface area contributed by atoms with Crippen molar-refractivity contribution >= 4 is 29.7 Å². The molecule has 0 aliphatic carbocycles. The maximum atomic E-state index is 12.4. The number of ether oxygens (including phenoxy) is 2. The van der Waals surface area contributed by atoms with Gasteiger partial charge in [-0.1, -0.05) is 0 Å². The third kappa shape index (κ3) is 6.99. The Labute approximate surface area is 198 Å². The van der Waals surface area contributed by atoms with E-state index >= 15 is 0 Å². The van der Waals surface area contributed by atoms with Crippen LogP contribution >= 0.6 is 0 Å². The molecule has 35 heavy (non-hydrogen) atoms. The maximum Gasteiger partial charge on any atom is 0.343 e. The number of rotatable bonds is 10. The fourth-order valence-electron chi connectivity index (χ4n) is 2.71. The molecule has 0 unspecified atom stereocenters. The lowest BCUT2D eigenvalue weighted by Crippen LogP contribution is -2.34. The summed E-state index contributed by atoms with van der Waals surface area (Å²) in [4.78, 5) is 46.2. The molecule has 1 heterocycles. The number of hydrogen-bond acceptors (Lipinski definition) is 9. The van der Waals surface area contributed by atoms with Crippen molar-refractivity contribution in [3.05, 3.63) is 87.9 Å². The number of nitro benzene ring substituents is 1. The van der Waals surface area contributed by atoms with Crippen molar-refractivity contribution in [1.82, 2.24) is 10.7 Å². The molecule has 0 bridgehead atoms. The third-order valence-electron chi connectivity index (χ3n) is 4.34. The van der Waals surface area contributed by atoms with E-state index < -0.39 is 22.7 Å². The Morgan fingerprint density at radius 1 is 1.11 bits per heavy atom. The number of carbonyl (C=O) groups is 3. The van der Waals surface area contributed by atoms with E-state index in [0.717, 1.165) is 0 Å². The molecule has 180 valence electrons. The first-order valence-electron chi connectivity index (χ1n) is 10.2. The lowest BCUT2D eigenvalue weighted by Gasteiger charge is -2.11. The quantitative estimate of drug-likeness (QED) is 0.147. The van der Waals surface area contributed by atoms with Crippen LogP contribution in [0.15, 0.2) is 70.4 Å². The summed E-state index contributed by atoms with van der Waals surface area (Å²) in [7, 11) is 0. The predicted molar refractivity (Wildman–Crippen MR) is 122 cm³/mol. The fourth-order valence-corrected chi connectivity index (χ4v) is 2.71. The van der Waals surface area contributed by atoms with Gasteiger partial charge in [0.2, 0.25) is 0 Å². The Morgan fingerprint density at radius 2 is 1.89 bits per heavy atom. The molecule has 0 radical (unpaired) electrons. The van der Waals surface area contributed by atoms with Gasteiger partial charge in [-0.15, -0.1) is 0 Å². The Kier molecular flexibility index (Phi) is 8.27. The second kappa shape index (κ2) is 11.7. The summed E-state index contributed by atoms with van der Waals surface area (Å²) in [6.45, 7) is 1.73. The Morgan fingerprint density at radius 3 is 2.54 bits per heavy atom. The minimum Gasteiger partial charge on any atom is -0.490 e. The van der Waals surface area contributed by atoms with Crippen LogP contribution in [0, 0.1) is 10.1 Å². The number of esters is 1. The highest BCUT2D eigenvalue weighted by Crippen LogP contribution is 2.29. The van der Waals surface area contributed by atoms with Gasteiger partial charge >= 0.3 is 5.97 Å². The number of amides is 2. The van der Waals surface area contributed by atoms with Crippen LogP contribution in [0.5, 0.6) is 11.5 Å². The molecule has 2 N–H and O–H groups in total. The molecule has 12 heteroatoms. The molecule has 0 aliphatic heterocycles. The lowest BCUT2D eigenvalue weighted by molar-refractivity contribution is -0.384. The minimum atomic E-state index is -0.717. The number of hydrazone groups is 1. The van der Waals surface area contributed by atoms with Crippen LogP contribution in [-0.2, 0) is 4.79 Å². The van der Waals surface area contributed by atoms with Crippen LogP contribution in [-0.4, -0.2) is 42.1 Å². The summed E-state index contributed by atoms with van der Waals surface area (Å²) in [5.74, 6) is -1.33. The van der Waals surface area contributed by atoms with Gasteiger partial charge in [0.05, 0.1) is 36.1 Å². The van der Waals surface area contributed by atoms with Crippen LogP contribution < -0.4 is 20.2 Å². The summed E-state index contributed by atoms with van der Waals surface area (Å²) in [6, 6.07) is 12.6. The molecular formula is C23H20N4O8. The van der Waals surface area contributed by atoms with Gasteiger partial charge in [-0.05, 0) is 55.0 Å². The first-order chi connectivity index (χ1) is 16.9. The van der Waals surface area contributed by atoms with Gasteiger partial charge in [0.25, 0.3) is 17.5 Å². The molecule has 12 nitrogen and oxygen atoms in total. The van der Waals surface area contributed by atoms with Crippen molar-refractivity contribution in [3.63, 3.8) is 0 Å². The molecular weight excluding hydrogens is 460 g/mol. The summed E-state index contributed by atoms with van der Waals surface area (Å²) in [5.41, 5.74) is 2.79. The molecule has 0 saturated carbocycles. The summed E-state index contributed by atoms with van der Waals surface area (Å²) in [5, 5.41) is 17.0. The highest BCUT2D eigenvalue weighted by molar-refractivity contribution is 5.94. The molecule has 0 atom stereocenters. The zero-order chi connectivity index (χ0) is 25.2. The summed E-state index contributed by atoms with van der Waals surface area (Å²) in [6.07, 6.45) is 2.69. The van der Waals surface area contributed by atoms with Gasteiger partial charge in [-0.3, -0.25) is 19.7 Å². The number of furan rings is 1. The highest BCUT2D eigenvalue weighted by Gasteiger charge is 2.15. The topological polar surface area (TPSA) is 162 Å². The molecule has 1 aromatic heterocycles. The Balaban J connectivity index is 1.59. The van der Waals surface area contributed by atoms with E-state index in [0.29, 0.717) is 5.56 Å². The van der Waals surface area contributed by atoms with Crippen LogP contribution in [0.3, 0.4) is 0 Å². The van der Waals surface area contributed by atoms with E-state index in [1.807, 2.05) is 0 Å². The summed E-state index contributed by atoms with van der Waals surface area (Å²) < 4.78 is 15.8. The third-order valence-corrected chi connectivity index (χ3v) is 4.34. The molecule has 0 aliphatic rings. The number of nitrogens with one attached hydrogen (secondary N) is 2. The minimum absolute atomic E-state index is 0.0825. The Bertz CT molecular complexity index is 1240. The number of nitro groups is 1. The Hall–Kier alpha value is -5.00. The monoisotopic (exact) mass is 480 g/mol. The second-order valence-corrected chi connectivity index (χ2v) is 6.79. The van der Waals surface area contributed by atoms with Crippen LogP contribution in [0.1, 0.15) is 33.4 Å². The number of non-ortho nitro benzene ring substituents is 1. The van der Waals surface area contributed by atoms with E-state index in [9.17, 15) is 24.5 Å². The van der Waals surface area contributed by atoms with Crippen molar-refractivity contribution in [2.75, 3.05) is 13.2 Å². The van der Waals surface area contributed by atoms with Crippen molar-refractivity contribution in [1.29, 1.82) is 0 Å². The number of benzene rings is 2. The number of nitrogens with zero attached hydrogens (tertiary/aromatic N) is 2. The van der Waals surface area contributed by atoms with E-state index in [2.05, 4.69) is 15.8 Å². The molecule has 3 rings (SSSR count). The number of carbonyl (C=O) groups excluding carboxylic acids is 3. The largest absolute Gasteiger partial charge is 0.490 e. The van der Waals surface area contributed by atoms with Gasteiger partial charge in [0, 0.05) is 12.1 Å². The first kappa shape index (κ1) is 24.6. The highest BCUT2D eigenvalue weighted by atomic mass is 16.6.